The fourth-order valence-electron chi connectivity index (χ4n) is 3.68. The summed E-state index contributed by atoms with van der Waals surface area (Å²) in [6.45, 7) is 2.14. The monoisotopic (exact) mass is 233 g/mol. The lowest BCUT2D eigenvalue weighted by molar-refractivity contribution is 0.0915. The quantitative estimate of drug-likeness (QED) is 0.838. The van der Waals surface area contributed by atoms with E-state index in [0.29, 0.717) is 11.5 Å². The molecule has 4 atom stereocenters. The van der Waals surface area contributed by atoms with Crippen LogP contribution in [0.25, 0.3) is 0 Å². The van der Waals surface area contributed by atoms with Crippen LogP contribution in [-0.4, -0.2) is 22.1 Å². The lowest BCUT2D eigenvalue weighted by Crippen LogP contribution is -2.40. The highest BCUT2D eigenvalue weighted by molar-refractivity contribution is 5.93. The van der Waals surface area contributed by atoms with Gasteiger partial charge in [-0.2, -0.15) is 5.10 Å². The normalized spacial score (nSPS) is 32.6. The van der Waals surface area contributed by atoms with E-state index in [2.05, 4.69) is 22.4 Å². The molecule has 0 aliphatic heterocycles. The fraction of sp³-hybridized carbons (Fsp3) is 0.692. The van der Waals surface area contributed by atoms with Gasteiger partial charge < -0.3 is 5.32 Å². The third-order valence-corrected chi connectivity index (χ3v) is 4.55. The molecule has 3 rings (SSSR count). The Morgan fingerprint density at radius 3 is 3.00 bits per heavy atom. The number of hydrogen-bond donors (Lipinski definition) is 2. The average Bonchev–Trinajstić information content (AvgIpc) is 3.05. The number of nitrogens with one attached hydrogen (secondary N) is 2. The molecule has 1 aromatic rings. The Balaban J connectivity index is 1.60. The first-order valence-electron chi connectivity index (χ1n) is 6.53. The molecular weight excluding hydrogens is 214 g/mol. The van der Waals surface area contributed by atoms with Crippen molar-refractivity contribution in [2.24, 2.45) is 17.8 Å². The number of aromatic nitrogens is 2. The summed E-state index contributed by atoms with van der Waals surface area (Å²) < 4.78 is 0. The predicted molar refractivity (Wildman–Crippen MR) is 64.5 cm³/mol. The molecular formula is C13H19N3O. The zero-order valence-electron chi connectivity index (χ0n) is 10.1. The molecule has 0 spiro atoms. The van der Waals surface area contributed by atoms with E-state index in [1.807, 2.05) is 0 Å². The number of nitrogens with zero attached hydrogens (tertiary/aromatic N) is 1. The van der Waals surface area contributed by atoms with Gasteiger partial charge in [0.1, 0.15) is 0 Å². The van der Waals surface area contributed by atoms with Gasteiger partial charge in [-0.1, -0.05) is 6.42 Å². The molecule has 0 radical (unpaired) electrons. The van der Waals surface area contributed by atoms with Gasteiger partial charge in [-0.3, -0.25) is 9.89 Å². The summed E-state index contributed by atoms with van der Waals surface area (Å²) in [6.07, 6.45) is 8.67. The number of carbonyl (C=O) groups excluding carboxylic acids is 1. The summed E-state index contributed by atoms with van der Waals surface area (Å²) in [7, 11) is 0. The van der Waals surface area contributed by atoms with Crippen LogP contribution in [0.2, 0.25) is 0 Å². The van der Waals surface area contributed by atoms with E-state index >= 15 is 0 Å². The van der Waals surface area contributed by atoms with Crippen LogP contribution in [0, 0.1) is 17.8 Å². The zero-order valence-corrected chi connectivity index (χ0v) is 10.1. The van der Waals surface area contributed by atoms with E-state index < -0.39 is 0 Å². The summed E-state index contributed by atoms with van der Waals surface area (Å²) in [5.41, 5.74) is 0.625. The molecule has 2 aliphatic rings. The van der Waals surface area contributed by atoms with E-state index in [-0.39, 0.29) is 11.9 Å². The lowest BCUT2D eigenvalue weighted by Gasteiger charge is -2.28. The Morgan fingerprint density at radius 2 is 2.41 bits per heavy atom. The highest BCUT2D eigenvalue weighted by Crippen LogP contribution is 2.49. The third-order valence-electron chi connectivity index (χ3n) is 4.55. The van der Waals surface area contributed by atoms with Gasteiger partial charge >= 0.3 is 0 Å². The molecule has 17 heavy (non-hydrogen) atoms. The predicted octanol–water partition coefficient (Wildman–Crippen LogP) is 1.96. The number of amides is 1. The topological polar surface area (TPSA) is 57.8 Å². The van der Waals surface area contributed by atoms with Crippen LogP contribution in [0.5, 0.6) is 0 Å². The Morgan fingerprint density at radius 1 is 1.53 bits per heavy atom. The summed E-state index contributed by atoms with van der Waals surface area (Å²) in [6, 6.07) is 0.285. The van der Waals surface area contributed by atoms with Crippen molar-refractivity contribution >= 4 is 5.91 Å². The van der Waals surface area contributed by atoms with E-state index in [4.69, 9.17) is 0 Å². The van der Waals surface area contributed by atoms with Crippen molar-refractivity contribution in [3.63, 3.8) is 0 Å². The van der Waals surface area contributed by atoms with Gasteiger partial charge in [0, 0.05) is 12.2 Å². The van der Waals surface area contributed by atoms with Crippen molar-refractivity contribution in [1.82, 2.24) is 15.5 Å². The van der Waals surface area contributed by atoms with Gasteiger partial charge in [-0.05, 0) is 43.9 Å². The minimum Gasteiger partial charge on any atom is -0.349 e. The van der Waals surface area contributed by atoms with Crippen molar-refractivity contribution in [2.75, 3.05) is 0 Å². The van der Waals surface area contributed by atoms with Gasteiger partial charge in [0.25, 0.3) is 5.91 Å². The summed E-state index contributed by atoms with van der Waals surface area (Å²) in [5.74, 6) is 2.46. The molecule has 1 aromatic heterocycles. The standard InChI is InChI=1S/C13H19N3O/c1-8(12-5-9-2-3-10(12)4-9)16-13(17)11-6-14-15-7-11/h6-10,12H,2-5H2,1H3,(H,14,15)(H,16,17). The number of carbonyl (C=O) groups is 1. The second-order valence-electron chi connectivity index (χ2n) is 5.59. The van der Waals surface area contributed by atoms with E-state index in [1.165, 1.54) is 25.7 Å². The Kier molecular flexibility index (Phi) is 2.65. The summed E-state index contributed by atoms with van der Waals surface area (Å²) in [5, 5.41) is 9.58. The van der Waals surface area contributed by atoms with Crippen molar-refractivity contribution < 1.29 is 4.79 Å². The molecule has 2 fully saturated rings. The molecule has 2 N–H and O–H groups in total. The van der Waals surface area contributed by atoms with Crippen LogP contribution in [-0.2, 0) is 0 Å². The largest absolute Gasteiger partial charge is 0.349 e. The SMILES string of the molecule is CC(NC(=O)c1cn[nH]c1)C1CC2CCC1C2. The first-order valence-corrected chi connectivity index (χ1v) is 6.53. The zero-order chi connectivity index (χ0) is 11.8. The van der Waals surface area contributed by atoms with Crippen LogP contribution in [0.1, 0.15) is 43.0 Å². The fourth-order valence-corrected chi connectivity index (χ4v) is 3.68. The van der Waals surface area contributed by atoms with E-state index in [0.717, 1.165) is 11.8 Å². The molecule has 0 aromatic carbocycles. The lowest BCUT2D eigenvalue weighted by atomic mass is 9.84. The Bertz CT molecular complexity index is 401. The van der Waals surface area contributed by atoms with Gasteiger partial charge in [0.15, 0.2) is 0 Å². The Hall–Kier alpha value is -1.32. The van der Waals surface area contributed by atoms with Gasteiger partial charge in [-0.15, -0.1) is 0 Å². The van der Waals surface area contributed by atoms with Crippen molar-refractivity contribution in [1.29, 1.82) is 0 Å². The highest BCUT2D eigenvalue weighted by atomic mass is 16.1. The second kappa shape index (κ2) is 4.17. The van der Waals surface area contributed by atoms with Crippen LogP contribution >= 0.6 is 0 Å². The van der Waals surface area contributed by atoms with Crippen molar-refractivity contribution in [3.05, 3.63) is 18.0 Å². The molecule has 4 unspecified atom stereocenters. The smallest absolute Gasteiger partial charge is 0.254 e. The maximum Gasteiger partial charge on any atom is 0.254 e. The summed E-state index contributed by atoms with van der Waals surface area (Å²) in [4.78, 5) is 11.9. The number of rotatable bonds is 3. The van der Waals surface area contributed by atoms with Crippen LogP contribution in [0.3, 0.4) is 0 Å². The van der Waals surface area contributed by atoms with Gasteiger partial charge in [0.2, 0.25) is 0 Å². The second-order valence-corrected chi connectivity index (χ2v) is 5.59. The molecule has 2 saturated carbocycles. The van der Waals surface area contributed by atoms with Crippen LogP contribution in [0.15, 0.2) is 12.4 Å². The first-order chi connectivity index (χ1) is 8.24. The highest BCUT2D eigenvalue weighted by Gasteiger charge is 2.42. The molecule has 4 heteroatoms. The molecule has 2 bridgehead atoms. The number of H-pyrrole nitrogens is 1. The molecule has 0 saturated heterocycles. The molecule has 4 nitrogen and oxygen atoms in total. The van der Waals surface area contributed by atoms with Crippen molar-refractivity contribution in [3.8, 4) is 0 Å². The maximum absolute atomic E-state index is 11.9. The molecule has 1 heterocycles. The summed E-state index contributed by atoms with van der Waals surface area (Å²) >= 11 is 0. The van der Waals surface area contributed by atoms with Gasteiger partial charge in [0.05, 0.1) is 11.8 Å². The minimum atomic E-state index is -0.00553. The average molecular weight is 233 g/mol. The number of hydrogen-bond acceptors (Lipinski definition) is 2. The maximum atomic E-state index is 11.9. The number of fused-ring (bicyclic) bond motifs is 2. The van der Waals surface area contributed by atoms with Crippen LogP contribution in [0.4, 0.5) is 0 Å². The van der Waals surface area contributed by atoms with Crippen molar-refractivity contribution in [2.45, 2.75) is 38.6 Å². The molecule has 92 valence electrons. The molecule has 1 amide bonds. The van der Waals surface area contributed by atoms with E-state index in [1.54, 1.807) is 12.4 Å². The minimum absolute atomic E-state index is 0.00553. The number of aromatic amines is 1. The van der Waals surface area contributed by atoms with Crippen LogP contribution < -0.4 is 5.32 Å². The Labute approximate surface area is 101 Å². The molecule has 2 aliphatic carbocycles. The van der Waals surface area contributed by atoms with Gasteiger partial charge in [-0.25, -0.2) is 0 Å². The van der Waals surface area contributed by atoms with E-state index in [9.17, 15) is 4.79 Å². The first kappa shape index (κ1) is 10.8. The third kappa shape index (κ3) is 1.96.